The summed E-state index contributed by atoms with van der Waals surface area (Å²) in [4.78, 5) is 21.7. The van der Waals surface area contributed by atoms with Crippen LogP contribution in [0.25, 0.3) is 0 Å². The Morgan fingerprint density at radius 3 is 2.69 bits per heavy atom. The smallest absolute Gasteiger partial charge is 0.285 e. The molecule has 7 heteroatoms. The van der Waals surface area contributed by atoms with Gasteiger partial charge in [-0.25, -0.2) is 0 Å². The predicted molar refractivity (Wildman–Crippen MR) is 67.4 cm³/mol. The molecule has 0 atom stereocenters. The first kappa shape index (κ1) is 13.2. The molecule has 0 saturated heterocycles. The first-order chi connectivity index (χ1) is 7.51. The third kappa shape index (κ3) is 2.62. The van der Waals surface area contributed by atoms with E-state index in [-0.39, 0.29) is 17.1 Å². The van der Waals surface area contributed by atoms with Crippen molar-refractivity contribution in [3.05, 3.63) is 31.4 Å². The average Bonchev–Trinajstić information content (AvgIpc) is 2.26. The molecule has 0 unspecified atom stereocenters. The van der Waals surface area contributed by atoms with Gasteiger partial charge in [-0.15, -0.1) is 11.6 Å². The Morgan fingerprint density at radius 1 is 1.62 bits per heavy atom. The van der Waals surface area contributed by atoms with Crippen molar-refractivity contribution in [2.45, 2.75) is 0 Å². The van der Waals surface area contributed by atoms with E-state index in [0.717, 1.165) is 0 Å². The van der Waals surface area contributed by atoms with E-state index in [4.69, 9.17) is 16.3 Å². The number of hydrogen-bond acceptors (Lipinski definition) is 4. The molecule has 1 rings (SSSR count). The van der Waals surface area contributed by atoms with Crippen LogP contribution in [0.3, 0.4) is 0 Å². The number of Topliss-reactive ketones (excluding diaryl/α,β-unsaturated/α-hetero) is 1. The number of nitro groups is 1. The molecule has 0 saturated carbocycles. The second-order valence-electron chi connectivity index (χ2n) is 2.82. The number of carbonyl (C=O) groups excluding carboxylic acids is 1. The van der Waals surface area contributed by atoms with Gasteiger partial charge in [-0.2, -0.15) is 0 Å². The van der Waals surface area contributed by atoms with Gasteiger partial charge < -0.3 is 4.74 Å². The molecule has 0 amide bonds. The molecule has 1 aromatic rings. The van der Waals surface area contributed by atoms with Crippen LogP contribution in [0.2, 0.25) is 0 Å². The van der Waals surface area contributed by atoms with Crippen LogP contribution < -0.4 is 4.74 Å². The maximum Gasteiger partial charge on any atom is 0.285 e. The van der Waals surface area contributed by atoms with E-state index in [2.05, 4.69) is 0 Å². The zero-order valence-corrected chi connectivity index (χ0v) is 11.1. The van der Waals surface area contributed by atoms with Crippen LogP contribution in [0.5, 0.6) is 5.75 Å². The number of hydrogen-bond donors (Lipinski definition) is 0. The van der Waals surface area contributed by atoms with E-state index in [0.29, 0.717) is 9.32 Å². The number of benzene rings is 1. The van der Waals surface area contributed by atoms with Crippen LogP contribution in [0.1, 0.15) is 10.4 Å². The van der Waals surface area contributed by atoms with Crippen LogP contribution >= 0.6 is 34.2 Å². The molecule has 0 aliphatic carbocycles. The lowest BCUT2D eigenvalue weighted by Gasteiger charge is -2.06. The van der Waals surface area contributed by atoms with Crippen LogP contribution in [0.4, 0.5) is 5.69 Å². The largest absolute Gasteiger partial charge is 0.496 e. The zero-order valence-electron chi connectivity index (χ0n) is 8.20. The minimum absolute atomic E-state index is 0.0291. The summed E-state index contributed by atoms with van der Waals surface area (Å²) in [7, 11) is 1.40. The van der Waals surface area contributed by atoms with Crippen LogP contribution in [-0.2, 0) is 0 Å². The van der Waals surface area contributed by atoms with E-state index in [1.807, 2.05) is 22.6 Å². The van der Waals surface area contributed by atoms with Crippen molar-refractivity contribution in [1.29, 1.82) is 0 Å². The van der Waals surface area contributed by atoms with E-state index in [1.165, 1.54) is 13.2 Å². The van der Waals surface area contributed by atoms with Crippen LogP contribution in [0.15, 0.2) is 12.1 Å². The Labute approximate surface area is 110 Å². The van der Waals surface area contributed by atoms with Crippen molar-refractivity contribution in [3.8, 4) is 5.75 Å². The van der Waals surface area contributed by atoms with E-state index >= 15 is 0 Å². The lowest BCUT2D eigenvalue weighted by Crippen LogP contribution is -2.08. The highest BCUT2D eigenvalue weighted by atomic mass is 127. The lowest BCUT2D eigenvalue weighted by atomic mass is 10.1. The first-order valence-corrected chi connectivity index (χ1v) is 5.73. The van der Waals surface area contributed by atoms with Crippen molar-refractivity contribution in [2.24, 2.45) is 0 Å². The number of nitro benzene ring substituents is 1. The summed E-state index contributed by atoms with van der Waals surface area (Å²) in [5, 5.41) is 10.8. The van der Waals surface area contributed by atoms with Crippen LogP contribution in [-0.4, -0.2) is 23.7 Å². The van der Waals surface area contributed by atoms with Crippen molar-refractivity contribution < 1.29 is 14.5 Å². The predicted octanol–water partition coefficient (Wildman–Crippen LogP) is 2.63. The molecule has 0 aliphatic rings. The summed E-state index contributed by atoms with van der Waals surface area (Å²) in [6, 6.07) is 2.76. The number of nitrogens with zero attached hydrogens (tertiary/aromatic N) is 1. The van der Waals surface area contributed by atoms with Crippen molar-refractivity contribution in [3.63, 3.8) is 0 Å². The fraction of sp³-hybridized carbons (Fsp3) is 0.222. The molecule has 0 N–H and O–H groups in total. The maximum absolute atomic E-state index is 11.5. The van der Waals surface area contributed by atoms with Gasteiger partial charge in [0.15, 0.2) is 5.78 Å². The monoisotopic (exact) mass is 355 g/mol. The highest BCUT2D eigenvalue weighted by Gasteiger charge is 2.24. The van der Waals surface area contributed by atoms with Crippen molar-refractivity contribution in [2.75, 3.05) is 13.0 Å². The number of rotatable bonds is 4. The Bertz CT molecular complexity index is 449. The fourth-order valence-electron chi connectivity index (χ4n) is 1.17. The number of halogens is 2. The topological polar surface area (TPSA) is 69.4 Å². The van der Waals surface area contributed by atoms with Gasteiger partial charge in [0.25, 0.3) is 5.69 Å². The van der Waals surface area contributed by atoms with Gasteiger partial charge in [-0.05, 0) is 28.7 Å². The molecule has 0 bridgehead atoms. The SMILES string of the molecule is COc1cc(I)c(C(=O)CCl)c([N+](=O)[O-])c1. The molecular weight excluding hydrogens is 348 g/mol. The van der Waals surface area contributed by atoms with Gasteiger partial charge in [0.1, 0.15) is 11.3 Å². The summed E-state index contributed by atoms with van der Waals surface area (Å²) in [6.07, 6.45) is 0. The third-order valence-corrected chi connectivity index (χ3v) is 2.97. The number of ketones is 1. The Hall–Kier alpha value is -0.890. The van der Waals surface area contributed by atoms with Gasteiger partial charge in [-0.3, -0.25) is 14.9 Å². The van der Waals surface area contributed by atoms with Crippen molar-refractivity contribution in [1.82, 2.24) is 0 Å². The summed E-state index contributed by atoms with van der Waals surface area (Å²) < 4.78 is 5.35. The van der Waals surface area contributed by atoms with E-state index < -0.39 is 10.7 Å². The van der Waals surface area contributed by atoms with E-state index in [1.54, 1.807) is 6.07 Å². The van der Waals surface area contributed by atoms with Gasteiger partial charge >= 0.3 is 0 Å². The summed E-state index contributed by atoms with van der Waals surface area (Å²) >= 11 is 7.25. The van der Waals surface area contributed by atoms with E-state index in [9.17, 15) is 14.9 Å². The van der Waals surface area contributed by atoms with Gasteiger partial charge in [-0.1, -0.05) is 0 Å². The Morgan fingerprint density at radius 2 is 2.25 bits per heavy atom. The lowest BCUT2D eigenvalue weighted by molar-refractivity contribution is -0.385. The fourth-order valence-corrected chi connectivity index (χ4v) is 2.19. The van der Waals surface area contributed by atoms with Gasteiger partial charge in [0.2, 0.25) is 0 Å². The summed E-state index contributed by atoms with van der Waals surface area (Å²) in [6.45, 7) is 0. The molecule has 0 aliphatic heterocycles. The first-order valence-electron chi connectivity index (χ1n) is 4.12. The summed E-state index contributed by atoms with van der Waals surface area (Å²) in [5.41, 5.74) is -0.254. The number of carbonyl (C=O) groups is 1. The standard InChI is InChI=1S/C9H7ClINO4/c1-16-5-2-6(11)9(8(13)4-10)7(3-5)12(14)15/h2-3H,4H2,1H3. The minimum atomic E-state index is -0.621. The Balaban J connectivity index is 3.45. The summed E-state index contributed by atoms with van der Waals surface area (Å²) in [5.74, 6) is -0.425. The highest BCUT2D eigenvalue weighted by Crippen LogP contribution is 2.30. The number of alkyl halides is 1. The van der Waals surface area contributed by atoms with Crippen LogP contribution in [0, 0.1) is 13.7 Å². The normalized spacial score (nSPS) is 9.94. The minimum Gasteiger partial charge on any atom is -0.496 e. The molecule has 0 radical (unpaired) electrons. The molecule has 1 aromatic carbocycles. The molecule has 0 heterocycles. The molecule has 0 aromatic heterocycles. The quantitative estimate of drug-likeness (QED) is 0.274. The van der Waals surface area contributed by atoms with Crippen molar-refractivity contribution >= 4 is 45.7 Å². The molecule has 5 nitrogen and oxygen atoms in total. The Kier molecular flexibility index (Phi) is 4.48. The molecule has 16 heavy (non-hydrogen) atoms. The zero-order chi connectivity index (χ0) is 12.3. The molecule has 86 valence electrons. The third-order valence-electron chi connectivity index (χ3n) is 1.88. The maximum atomic E-state index is 11.5. The highest BCUT2D eigenvalue weighted by molar-refractivity contribution is 14.1. The second kappa shape index (κ2) is 5.44. The van der Waals surface area contributed by atoms with Gasteiger partial charge in [0, 0.05) is 3.57 Å². The molecular formula is C9H7ClINO4. The molecule has 0 spiro atoms. The average molecular weight is 356 g/mol. The van der Waals surface area contributed by atoms with Gasteiger partial charge in [0.05, 0.1) is 24.0 Å². The number of ether oxygens (including phenoxy) is 1. The second-order valence-corrected chi connectivity index (χ2v) is 4.25. The molecule has 0 fully saturated rings. The number of methoxy groups -OCH3 is 1.